The molecule has 0 atom stereocenters. The van der Waals surface area contributed by atoms with Gasteiger partial charge in [0.15, 0.2) is 5.71 Å². The normalized spacial score (nSPS) is 11.4. The minimum Gasteiger partial charge on any atom is -0.507 e. The predicted octanol–water partition coefficient (Wildman–Crippen LogP) is 2.15. The number of oxime groups is 1. The van der Waals surface area contributed by atoms with Crippen LogP contribution in [-0.4, -0.2) is 31.0 Å². The van der Waals surface area contributed by atoms with Gasteiger partial charge in [0.25, 0.3) is 0 Å². The van der Waals surface area contributed by atoms with Crippen LogP contribution in [0.15, 0.2) is 5.16 Å². The molecule has 0 bridgehead atoms. The molecular formula is C14H19NO4. The maximum Gasteiger partial charge on any atom is 0.360 e. The Labute approximate surface area is 112 Å². The van der Waals surface area contributed by atoms with E-state index in [0.29, 0.717) is 11.1 Å². The van der Waals surface area contributed by atoms with E-state index in [-0.39, 0.29) is 11.5 Å². The highest BCUT2D eigenvalue weighted by molar-refractivity contribution is 6.44. The summed E-state index contributed by atoms with van der Waals surface area (Å²) >= 11 is 0. The van der Waals surface area contributed by atoms with Crippen LogP contribution < -0.4 is 0 Å². The molecule has 1 rings (SSSR count). The number of phenolic OH excluding ortho intramolecular Hbond substituents is 1. The zero-order valence-electron chi connectivity index (χ0n) is 12.1. The van der Waals surface area contributed by atoms with E-state index in [1.807, 2.05) is 20.8 Å². The molecule has 0 aliphatic heterocycles. The Morgan fingerprint density at radius 2 is 1.53 bits per heavy atom. The third kappa shape index (κ3) is 2.54. The van der Waals surface area contributed by atoms with Crippen molar-refractivity contribution in [2.24, 2.45) is 5.16 Å². The van der Waals surface area contributed by atoms with Crippen molar-refractivity contribution in [3.63, 3.8) is 0 Å². The summed E-state index contributed by atoms with van der Waals surface area (Å²) in [5.74, 6) is -0.621. The maximum absolute atomic E-state index is 11.8. The lowest BCUT2D eigenvalue weighted by Gasteiger charge is -2.17. The van der Waals surface area contributed by atoms with Crippen molar-refractivity contribution in [2.45, 2.75) is 27.7 Å². The van der Waals surface area contributed by atoms with Gasteiger partial charge in [-0.1, -0.05) is 5.16 Å². The average molecular weight is 265 g/mol. The van der Waals surface area contributed by atoms with Gasteiger partial charge in [0.05, 0.1) is 12.7 Å². The first kappa shape index (κ1) is 15.0. The molecule has 0 amide bonds. The van der Waals surface area contributed by atoms with E-state index in [4.69, 9.17) is 0 Å². The number of methoxy groups -OCH3 is 1. The molecule has 0 aromatic heterocycles. The Bertz CT molecular complexity index is 518. The van der Waals surface area contributed by atoms with E-state index < -0.39 is 5.97 Å². The number of rotatable bonds is 3. The number of phenols is 1. The monoisotopic (exact) mass is 265 g/mol. The number of carbonyl (C=O) groups is 1. The smallest absolute Gasteiger partial charge is 0.360 e. The van der Waals surface area contributed by atoms with Crippen molar-refractivity contribution in [1.82, 2.24) is 0 Å². The van der Waals surface area contributed by atoms with E-state index in [0.717, 1.165) is 16.7 Å². The van der Waals surface area contributed by atoms with E-state index in [1.54, 1.807) is 6.92 Å². The Balaban J connectivity index is 3.66. The van der Waals surface area contributed by atoms with Crippen molar-refractivity contribution in [3.05, 3.63) is 27.8 Å². The van der Waals surface area contributed by atoms with Crippen molar-refractivity contribution in [2.75, 3.05) is 14.2 Å². The van der Waals surface area contributed by atoms with Gasteiger partial charge in [-0.15, -0.1) is 0 Å². The van der Waals surface area contributed by atoms with Gasteiger partial charge in [-0.05, 0) is 49.9 Å². The highest BCUT2D eigenvalue weighted by Gasteiger charge is 2.25. The van der Waals surface area contributed by atoms with Gasteiger partial charge < -0.3 is 14.7 Å². The first-order valence-corrected chi connectivity index (χ1v) is 5.85. The Hall–Kier alpha value is -2.04. The summed E-state index contributed by atoms with van der Waals surface area (Å²) < 4.78 is 4.68. The predicted molar refractivity (Wildman–Crippen MR) is 72.6 cm³/mol. The Morgan fingerprint density at radius 3 is 2.00 bits per heavy atom. The summed E-state index contributed by atoms with van der Waals surface area (Å²) in [6.45, 7) is 7.47. The standard InChI is InChI=1S/C14H19NO4/c1-7-8(2)10(4)13(16)11(9(7)3)12(15-19-6)14(17)18-5/h16H,1-6H3/b15-12+. The number of hydrogen-bond donors (Lipinski definition) is 1. The fraction of sp³-hybridized carbons (Fsp3) is 0.429. The minimum absolute atomic E-state index is 0.0294. The SMILES string of the molecule is CO/N=C(/C(=O)OC)c1c(C)c(C)c(C)c(C)c1O. The zero-order chi connectivity index (χ0) is 14.7. The summed E-state index contributed by atoms with van der Waals surface area (Å²) in [6, 6.07) is 0. The van der Waals surface area contributed by atoms with Gasteiger partial charge in [-0.25, -0.2) is 4.79 Å². The number of carbonyl (C=O) groups excluding carboxylic acids is 1. The second-order valence-electron chi connectivity index (χ2n) is 4.34. The summed E-state index contributed by atoms with van der Waals surface area (Å²) in [5.41, 5.74) is 3.80. The van der Waals surface area contributed by atoms with Gasteiger partial charge in [-0.2, -0.15) is 0 Å². The molecular weight excluding hydrogens is 246 g/mol. The highest BCUT2D eigenvalue weighted by Crippen LogP contribution is 2.32. The largest absolute Gasteiger partial charge is 0.507 e. The van der Waals surface area contributed by atoms with Gasteiger partial charge in [0.2, 0.25) is 0 Å². The average Bonchev–Trinajstić information content (AvgIpc) is 2.41. The first-order chi connectivity index (χ1) is 8.86. The zero-order valence-corrected chi connectivity index (χ0v) is 12.1. The van der Waals surface area contributed by atoms with Crippen LogP contribution in [0.5, 0.6) is 5.75 Å². The van der Waals surface area contributed by atoms with Crippen molar-refractivity contribution in [3.8, 4) is 5.75 Å². The summed E-state index contributed by atoms with van der Waals surface area (Å²) in [6.07, 6.45) is 0. The van der Waals surface area contributed by atoms with Crippen molar-refractivity contribution < 1.29 is 19.5 Å². The molecule has 0 spiro atoms. The van der Waals surface area contributed by atoms with Crippen LogP contribution in [-0.2, 0) is 14.4 Å². The van der Waals surface area contributed by atoms with Crippen LogP contribution in [0.25, 0.3) is 0 Å². The number of ether oxygens (including phenoxy) is 1. The van der Waals surface area contributed by atoms with Crippen LogP contribution in [0.3, 0.4) is 0 Å². The van der Waals surface area contributed by atoms with Gasteiger partial charge in [0, 0.05) is 0 Å². The summed E-state index contributed by atoms with van der Waals surface area (Å²) in [4.78, 5) is 16.4. The molecule has 1 aromatic carbocycles. The lowest BCUT2D eigenvalue weighted by Crippen LogP contribution is -2.20. The first-order valence-electron chi connectivity index (χ1n) is 5.85. The maximum atomic E-state index is 11.8. The second-order valence-corrected chi connectivity index (χ2v) is 4.34. The molecule has 5 nitrogen and oxygen atoms in total. The fourth-order valence-electron chi connectivity index (χ4n) is 1.96. The highest BCUT2D eigenvalue weighted by atomic mass is 16.6. The third-order valence-corrected chi connectivity index (χ3v) is 3.45. The number of hydrogen-bond acceptors (Lipinski definition) is 5. The molecule has 0 heterocycles. The molecule has 0 aliphatic carbocycles. The van der Waals surface area contributed by atoms with Crippen molar-refractivity contribution in [1.29, 1.82) is 0 Å². The minimum atomic E-state index is -0.650. The molecule has 19 heavy (non-hydrogen) atoms. The number of nitrogens with zero attached hydrogens (tertiary/aromatic N) is 1. The fourth-order valence-corrected chi connectivity index (χ4v) is 1.96. The Kier molecular flexibility index (Phi) is 4.53. The van der Waals surface area contributed by atoms with Gasteiger partial charge >= 0.3 is 5.97 Å². The lowest BCUT2D eigenvalue weighted by atomic mass is 9.91. The molecule has 1 aromatic rings. The van der Waals surface area contributed by atoms with Gasteiger partial charge in [0.1, 0.15) is 12.9 Å². The number of esters is 1. The molecule has 0 saturated carbocycles. The molecule has 0 radical (unpaired) electrons. The van der Waals surface area contributed by atoms with Crippen LogP contribution in [0, 0.1) is 27.7 Å². The van der Waals surface area contributed by atoms with Crippen LogP contribution in [0.4, 0.5) is 0 Å². The molecule has 0 unspecified atom stereocenters. The molecule has 1 N–H and O–H groups in total. The molecule has 0 saturated heterocycles. The van der Waals surface area contributed by atoms with Crippen LogP contribution in [0.2, 0.25) is 0 Å². The van der Waals surface area contributed by atoms with Gasteiger partial charge in [-0.3, -0.25) is 0 Å². The Morgan fingerprint density at radius 1 is 1.00 bits per heavy atom. The van der Waals surface area contributed by atoms with Crippen LogP contribution >= 0.6 is 0 Å². The van der Waals surface area contributed by atoms with Crippen LogP contribution in [0.1, 0.15) is 27.8 Å². The molecule has 104 valence electrons. The summed E-state index contributed by atoms with van der Waals surface area (Å²) in [7, 11) is 2.59. The van der Waals surface area contributed by atoms with E-state index >= 15 is 0 Å². The van der Waals surface area contributed by atoms with Crippen molar-refractivity contribution >= 4 is 11.7 Å². The topological polar surface area (TPSA) is 68.1 Å². The van der Waals surface area contributed by atoms with E-state index in [9.17, 15) is 9.90 Å². The quantitative estimate of drug-likeness (QED) is 0.516. The third-order valence-electron chi connectivity index (χ3n) is 3.45. The molecule has 5 heteroatoms. The van der Waals surface area contributed by atoms with E-state index in [2.05, 4.69) is 14.7 Å². The summed E-state index contributed by atoms with van der Waals surface area (Å²) in [5, 5.41) is 14.0. The second kappa shape index (κ2) is 5.73. The lowest BCUT2D eigenvalue weighted by molar-refractivity contribution is -0.132. The van der Waals surface area contributed by atoms with E-state index in [1.165, 1.54) is 14.2 Å². The molecule has 0 aliphatic rings. The number of benzene rings is 1. The molecule has 0 fully saturated rings. The number of aromatic hydroxyl groups is 1.